The van der Waals surface area contributed by atoms with Crippen LogP contribution in [0.1, 0.15) is 17.8 Å². The van der Waals surface area contributed by atoms with Gasteiger partial charge in [0.2, 0.25) is 15.9 Å². The van der Waals surface area contributed by atoms with E-state index in [2.05, 4.69) is 10.3 Å². The van der Waals surface area contributed by atoms with E-state index in [1.54, 1.807) is 12.1 Å². The zero-order valence-electron chi connectivity index (χ0n) is 14.3. The van der Waals surface area contributed by atoms with Crippen molar-refractivity contribution in [2.24, 2.45) is 12.2 Å². The van der Waals surface area contributed by atoms with E-state index in [0.717, 1.165) is 22.4 Å². The van der Waals surface area contributed by atoms with Crippen LogP contribution in [0.25, 0.3) is 11.0 Å². The lowest BCUT2D eigenvalue weighted by Gasteiger charge is -2.06. The average molecular weight is 372 g/mol. The van der Waals surface area contributed by atoms with Crippen molar-refractivity contribution in [1.29, 1.82) is 0 Å². The Hall–Kier alpha value is -2.71. The van der Waals surface area contributed by atoms with Gasteiger partial charge in [-0.3, -0.25) is 4.79 Å². The molecule has 0 fully saturated rings. The first-order chi connectivity index (χ1) is 12.3. The molecule has 0 unspecified atom stereocenters. The van der Waals surface area contributed by atoms with E-state index in [-0.39, 0.29) is 10.8 Å². The van der Waals surface area contributed by atoms with Gasteiger partial charge in [-0.2, -0.15) is 0 Å². The van der Waals surface area contributed by atoms with Gasteiger partial charge in [0.05, 0.1) is 22.5 Å². The van der Waals surface area contributed by atoms with Gasteiger partial charge in [0.15, 0.2) is 0 Å². The summed E-state index contributed by atoms with van der Waals surface area (Å²) in [4.78, 5) is 16.7. The van der Waals surface area contributed by atoms with Gasteiger partial charge < -0.3 is 9.88 Å². The highest BCUT2D eigenvalue weighted by molar-refractivity contribution is 7.89. The number of nitrogens with two attached hydrogens (primary N) is 1. The molecule has 2 aromatic carbocycles. The summed E-state index contributed by atoms with van der Waals surface area (Å²) < 4.78 is 24.4. The lowest BCUT2D eigenvalue weighted by atomic mass is 10.1. The molecule has 0 atom stereocenters. The summed E-state index contributed by atoms with van der Waals surface area (Å²) in [7, 11) is -1.77. The minimum atomic E-state index is -3.69. The number of nitrogens with zero attached hydrogens (tertiary/aromatic N) is 2. The molecule has 0 spiro atoms. The third kappa shape index (κ3) is 4.09. The second kappa shape index (κ2) is 7.27. The number of benzene rings is 2. The Kier molecular flexibility index (Phi) is 5.06. The number of fused-ring (bicyclic) bond motifs is 1. The average Bonchev–Trinajstić information content (AvgIpc) is 2.94. The number of aryl methyl sites for hydroxylation is 2. The number of para-hydroxylation sites is 2. The van der Waals surface area contributed by atoms with Crippen LogP contribution in [-0.4, -0.2) is 23.9 Å². The summed E-state index contributed by atoms with van der Waals surface area (Å²) in [6, 6.07) is 14.0. The van der Waals surface area contributed by atoms with E-state index in [0.29, 0.717) is 19.4 Å². The van der Waals surface area contributed by atoms with Crippen molar-refractivity contribution < 1.29 is 13.2 Å². The van der Waals surface area contributed by atoms with Crippen LogP contribution < -0.4 is 10.5 Å². The van der Waals surface area contributed by atoms with Gasteiger partial charge in [-0.05, 0) is 36.2 Å². The van der Waals surface area contributed by atoms with Gasteiger partial charge in [-0.1, -0.05) is 24.3 Å². The summed E-state index contributed by atoms with van der Waals surface area (Å²) in [6.07, 6.45) is 0.817. The highest BCUT2D eigenvalue weighted by Gasteiger charge is 2.10. The Morgan fingerprint density at radius 1 is 1.15 bits per heavy atom. The van der Waals surface area contributed by atoms with Crippen LogP contribution in [0.4, 0.5) is 0 Å². The largest absolute Gasteiger partial charge is 0.349 e. The van der Waals surface area contributed by atoms with Crippen molar-refractivity contribution >= 4 is 27.0 Å². The topological polar surface area (TPSA) is 107 Å². The Morgan fingerprint density at radius 3 is 2.50 bits per heavy atom. The van der Waals surface area contributed by atoms with Crippen molar-refractivity contribution in [3.05, 3.63) is 59.9 Å². The first kappa shape index (κ1) is 18.1. The standard InChI is InChI=1S/C18H20N4O3S/c1-22-16-5-3-2-4-15(16)21-17(22)12-20-18(23)11-8-13-6-9-14(10-7-13)26(19,24)25/h2-7,9-10H,8,11-12H2,1H3,(H,20,23)(H2,19,24,25). The minimum Gasteiger partial charge on any atom is -0.349 e. The molecule has 0 radical (unpaired) electrons. The highest BCUT2D eigenvalue weighted by Crippen LogP contribution is 2.14. The van der Waals surface area contributed by atoms with E-state index in [1.165, 1.54) is 12.1 Å². The van der Waals surface area contributed by atoms with Crippen molar-refractivity contribution in [3.8, 4) is 0 Å². The molecule has 0 saturated heterocycles. The molecule has 136 valence electrons. The number of carbonyl (C=O) groups excluding carboxylic acids is 1. The second-order valence-electron chi connectivity index (χ2n) is 6.04. The SMILES string of the molecule is Cn1c(CNC(=O)CCc2ccc(S(N)(=O)=O)cc2)nc2ccccc21. The van der Waals surface area contributed by atoms with Gasteiger partial charge in [-0.15, -0.1) is 0 Å². The van der Waals surface area contributed by atoms with Crippen molar-refractivity contribution in [2.75, 3.05) is 0 Å². The van der Waals surface area contributed by atoms with E-state index in [1.807, 2.05) is 35.9 Å². The predicted octanol–water partition coefficient (Wildman–Crippen LogP) is 1.47. The zero-order valence-corrected chi connectivity index (χ0v) is 15.2. The molecule has 0 aliphatic rings. The molecule has 0 bridgehead atoms. The smallest absolute Gasteiger partial charge is 0.238 e. The molecule has 0 aliphatic carbocycles. The number of rotatable bonds is 6. The van der Waals surface area contributed by atoms with Crippen LogP contribution in [0.3, 0.4) is 0 Å². The summed E-state index contributed by atoms with van der Waals surface area (Å²) >= 11 is 0. The quantitative estimate of drug-likeness (QED) is 0.683. The third-order valence-electron chi connectivity index (χ3n) is 4.22. The molecule has 7 nitrogen and oxygen atoms in total. The third-order valence-corrected chi connectivity index (χ3v) is 5.15. The molecule has 1 amide bonds. The number of aromatic nitrogens is 2. The van der Waals surface area contributed by atoms with E-state index >= 15 is 0 Å². The van der Waals surface area contributed by atoms with Crippen LogP contribution >= 0.6 is 0 Å². The Balaban J connectivity index is 1.55. The summed E-state index contributed by atoms with van der Waals surface area (Å²) in [5, 5.41) is 7.93. The first-order valence-corrected chi connectivity index (χ1v) is 9.68. The van der Waals surface area contributed by atoms with Crippen LogP contribution in [0.15, 0.2) is 53.4 Å². The number of imidazole rings is 1. The molecule has 1 heterocycles. The molecule has 0 aliphatic heterocycles. The van der Waals surface area contributed by atoms with E-state index < -0.39 is 10.0 Å². The fourth-order valence-corrected chi connectivity index (χ4v) is 3.24. The Bertz CT molecular complexity index is 1040. The van der Waals surface area contributed by atoms with Crippen LogP contribution in [0, 0.1) is 0 Å². The van der Waals surface area contributed by atoms with Gasteiger partial charge >= 0.3 is 0 Å². The molecular formula is C18H20N4O3S. The number of primary sulfonamides is 1. The minimum absolute atomic E-state index is 0.0625. The number of hydrogen-bond donors (Lipinski definition) is 2. The van der Waals surface area contributed by atoms with Gasteiger partial charge in [0, 0.05) is 13.5 Å². The number of carbonyl (C=O) groups is 1. The lowest BCUT2D eigenvalue weighted by Crippen LogP contribution is -2.24. The molecule has 1 aromatic heterocycles. The summed E-state index contributed by atoms with van der Waals surface area (Å²) in [6.45, 7) is 0.356. The number of hydrogen-bond acceptors (Lipinski definition) is 4. The fourth-order valence-electron chi connectivity index (χ4n) is 2.72. The van der Waals surface area contributed by atoms with Crippen LogP contribution in [0.5, 0.6) is 0 Å². The maximum atomic E-state index is 12.1. The summed E-state index contributed by atoms with van der Waals surface area (Å²) in [5.74, 6) is 0.699. The van der Waals surface area contributed by atoms with E-state index in [4.69, 9.17) is 5.14 Å². The lowest BCUT2D eigenvalue weighted by molar-refractivity contribution is -0.121. The number of nitrogens with one attached hydrogen (secondary N) is 1. The molecule has 3 rings (SSSR count). The zero-order chi connectivity index (χ0) is 18.7. The monoisotopic (exact) mass is 372 g/mol. The molecule has 8 heteroatoms. The highest BCUT2D eigenvalue weighted by atomic mass is 32.2. The molecule has 3 N–H and O–H groups in total. The molecule has 0 saturated carbocycles. The maximum Gasteiger partial charge on any atom is 0.238 e. The molecule has 26 heavy (non-hydrogen) atoms. The number of amides is 1. The van der Waals surface area contributed by atoms with Gasteiger partial charge in [-0.25, -0.2) is 18.5 Å². The Labute approximate surface area is 151 Å². The summed E-state index contributed by atoms with van der Waals surface area (Å²) in [5.41, 5.74) is 2.79. The predicted molar refractivity (Wildman–Crippen MR) is 98.7 cm³/mol. The molecule has 3 aromatic rings. The van der Waals surface area contributed by atoms with Gasteiger partial charge in [0.25, 0.3) is 0 Å². The first-order valence-electron chi connectivity index (χ1n) is 8.13. The van der Waals surface area contributed by atoms with Crippen molar-refractivity contribution in [3.63, 3.8) is 0 Å². The normalized spacial score (nSPS) is 11.6. The van der Waals surface area contributed by atoms with Crippen LogP contribution in [0.2, 0.25) is 0 Å². The molecular weight excluding hydrogens is 352 g/mol. The maximum absolute atomic E-state index is 12.1. The Morgan fingerprint density at radius 2 is 1.85 bits per heavy atom. The van der Waals surface area contributed by atoms with E-state index in [9.17, 15) is 13.2 Å². The van der Waals surface area contributed by atoms with Crippen LogP contribution in [-0.2, 0) is 34.8 Å². The second-order valence-corrected chi connectivity index (χ2v) is 7.60. The van der Waals surface area contributed by atoms with Crippen molar-refractivity contribution in [1.82, 2.24) is 14.9 Å². The van der Waals surface area contributed by atoms with Crippen molar-refractivity contribution in [2.45, 2.75) is 24.3 Å². The van der Waals surface area contributed by atoms with Gasteiger partial charge in [0.1, 0.15) is 5.82 Å². The number of sulfonamides is 1. The fraction of sp³-hybridized carbons (Fsp3) is 0.222.